The second-order valence-corrected chi connectivity index (χ2v) is 6.88. The molecule has 0 bridgehead atoms. The molecule has 2 aliphatic heterocycles. The maximum atomic E-state index is 6.02. The van der Waals surface area contributed by atoms with E-state index in [-0.39, 0.29) is 6.10 Å². The number of pyridine rings is 1. The van der Waals surface area contributed by atoms with Gasteiger partial charge in [-0.3, -0.25) is 4.90 Å². The Balaban J connectivity index is 1.50. The molecule has 1 saturated heterocycles. The fourth-order valence-electron chi connectivity index (χ4n) is 3.86. The van der Waals surface area contributed by atoms with Gasteiger partial charge in [-0.05, 0) is 12.5 Å². The maximum absolute atomic E-state index is 6.02. The van der Waals surface area contributed by atoms with Crippen LogP contribution in [0.25, 0.3) is 0 Å². The smallest absolute Gasteiger partial charge is 0.137 e. The van der Waals surface area contributed by atoms with E-state index in [0.717, 1.165) is 50.8 Å². The molecule has 0 aromatic carbocycles. The van der Waals surface area contributed by atoms with Gasteiger partial charge < -0.3 is 14.2 Å². The second-order valence-electron chi connectivity index (χ2n) is 6.88. The predicted molar refractivity (Wildman–Crippen MR) is 92.8 cm³/mol. The first kappa shape index (κ1) is 15.6. The number of hydrogen-bond acceptors (Lipinski definition) is 5. The van der Waals surface area contributed by atoms with Gasteiger partial charge in [-0.1, -0.05) is 6.07 Å². The van der Waals surface area contributed by atoms with Crippen molar-refractivity contribution in [3.63, 3.8) is 0 Å². The monoisotopic (exact) mass is 327 g/mol. The van der Waals surface area contributed by atoms with Gasteiger partial charge in [0.15, 0.2) is 0 Å². The molecule has 0 N–H and O–H groups in total. The molecule has 0 radical (unpaired) electrons. The first-order valence-corrected chi connectivity index (χ1v) is 8.68. The van der Waals surface area contributed by atoms with Gasteiger partial charge in [-0.25, -0.2) is 9.97 Å². The number of imidazole rings is 1. The highest BCUT2D eigenvalue weighted by molar-refractivity contribution is 5.46. The Morgan fingerprint density at radius 2 is 2.12 bits per heavy atom. The van der Waals surface area contributed by atoms with Gasteiger partial charge >= 0.3 is 0 Å². The number of fused-ring (bicyclic) bond motifs is 1. The lowest BCUT2D eigenvalue weighted by Crippen LogP contribution is -2.34. The van der Waals surface area contributed by atoms with Gasteiger partial charge in [-0.15, -0.1) is 0 Å². The van der Waals surface area contributed by atoms with Crippen molar-refractivity contribution in [3.8, 4) is 0 Å². The first-order chi connectivity index (χ1) is 11.7. The molecule has 6 heteroatoms. The van der Waals surface area contributed by atoms with Gasteiger partial charge in [0.25, 0.3) is 0 Å². The van der Waals surface area contributed by atoms with E-state index >= 15 is 0 Å². The Bertz CT molecular complexity index is 700. The fourth-order valence-corrected chi connectivity index (χ4v) is 3.86. The Morgan fingerprint density at radius 3 is 2.96 bits per heavy atom. The van der Waals surface area contributed by atoms with Crippen molar-refractivity contribution in [2.24, 2.45) is 13.0 Å². The summed E-state index contributed by atoms with van der Waals surface area (Å²) < 4.78 is 8.10. The van der Waals surface area contributed by atoms with Gasteiger partial charge in [0.1, 0.15) is 17.7 Å². The van der Waals surface area contributed by atoms with Crippen LogP contribution in [0.1, 0.15) is 23.9 Å². The summed E-state index contributed by atoms with van der Waals surface area (Å²) in [5.41, 5.74) is 1.31. The van der Waals surface area contributed by atoms with Crippen LogP contribution in [0, 0.1) is 5.92 Å². The highest BCUT2D eigenvalue weighted by atomic mass is 16.5. The van der Waals surface area contributed by atoms with Crippen molar-refractivity contribution in [2.45, 2.75) is 19.1 Å². The number of nitrogens with zero attached hydrogens (tertiary/aromatic N) is 5. The van der Waals surface area contributed by atoms with E-state index in [1.165, 1.54) is 5.56 Å². The molecule has 2 aromatic rings. The van der Waals surface area contributed by atoms with Crippen LogP contribution in [0.3, 0.4) is 0 Å². The summed E-state index contributed by atoms with van der Waals surface area (Å²) in [6.07, 6.45) is 6.95. The van der Waals surface area contributed by atoms with Crippen molar-refractivity contribution >= 4 is 5.82 Å². The van der Waals surface area contributed by atoms with Crippen LogP contribution < -0.4 is 4.90 Å². The molecule has 0 aliphatic carbocycles. The Hall–Kier alpha value is -1.92. The van der Waals surface area contributed by atoms with E-state index in [2.05, 4.69) is 37.4 Å². The van der Waals surface area contributed by atoms with Crippen LogP contribution in [0.2, 0.25) is 0 Å². The van der Waals surface area contributed by atoms with Gasteiger partial charge in [-0.2, -0.15) is 0 Å². The van der Waals surface area contributed by atoms with Crippen molar-refractivity contribution < 1.29 is 4.74 Å². The van der Waals surface area contributed by atoms with Crippen LogP contribution in [0.15, 0.2) is 30.7 Å². The summed E-state index contributed by atoms with van der Waals surface area (Å²) in [5, 5.41) is 0. The number of anilines is 1. The molecule has 24 heavy (non-hydrogen) atoms. The van der Waals surface area contributed by atoms with Gasteiger partial charge in [0.2, 0.25) is 0 Å². The number of hydrogen-bond donors (Lipinski definition) is 0. The number of aryl methyl sites for hydroxylation is 1. The van der Waals surface area contributed by atoms with E-state index in [0.29, 0.717) is 5.92 Å². The SMILES string of the molecule is CN1CCN(C[C@@H]2CCO[C@H]2c2nccn2C)Cc2cccnc21. The number of aromatic nitrogens is 3. The summed E-state index contributed by atoms with van der Waals surface area (Å²) in [7, 11) is 4.18. The number of ether oxygens (including phenoxy) is 1. The molecule has 0 spiro atoms. The Morgan fingerprint density at radius 1 is 1.21 bits per heavy atom. The Kier molecular flexibility index (Phi) is 4.24. The van der Waals surface area contributed by atoms with Crippen molar-refractivity contribution in [2.75, 3.05) is 38.2 Å². The van der Waals surface area contributed by atoms with Crippen molar-refractivity contribution in [1.29, 1.82) is 0 Å². The number of rotatable bonds is 3. The lowest BCUT2D eigenvalue weighted by atomic mass is 9.99. The van der Waals surface area contributed by atoms with Crippen molar-refractivity contribution in [3.05, 3.63) is 42.1 Å². The zero-order valence-corrected chi connectivity index (χ0v) is 14.4. The van der Waals surface area contributed by atoms with Crippen LogP contribution in [0.4, 0.5) is 5.82 Å². The first-order valence-electron chi connectivity index (χ1n) is 8.68. The summed E-state index contributed by atoms with van der Waals surface area (Å²) in [6, 6.07) is 4.23. The van der Waals surface area contributed by atoms with E-state index in [9.17, 15) is 0 Å². The molecule has 0 unspecified atom stereocenters. The lowest BCUT2D eigenvalue weighted by Gasteiger charge is -2.26. The van der Waals surface area contributed by atoms with E-state index in [4.69, 9.17) is 4.74 Å². The van der Waals surface area contributed by atoms with Crippen LogP contribution in [-0.2, 0) is 18.3 Å². The predicted octanol–water partition coefficient (Wildman–Crippen LogP) is 1.84. The molecule has 2 aliphatic rings. The average molecular weight is 327 g/mol. The molecule has 1 fully saturated rings. The topological polar surface area (TPSA) is 46.4 Å². The highest BCUT2D eigenvalue weighted by Crippen LogP contribution is 2.34. The molecule has 2 atom stereocenters. The molecule has 0 amide bonds. The third-order valence-corrected chi connectivity index (χ3v) is 5.19. The van der Waals surface area contributed by atoms with Crippen LogP contribution in [0.5, 0.6) is 0 Å². The maximum Gasteiger partial charge on any atom is 0.137 e. The zero-order chi connectivity index (χ0) is 16.5. The van der Waals surface area contributed by atoms with Gasteiger partial charge in [0, 0.05) is 77.0 Å². The summed E-state index contributed by atoms with van der Waals surface area (Å²) in [6.45, 7) is 4.88. The number of likely N-dealkylation sites (N-methyl/N-ethyl adjacent to an activating group) is 1. The van der Waals surface area contributed by atoms with Crippen LogP contribution in [-0.4, -0.2) is 52.7 Å². The molecular formula is C18H25N5O. The second kappa shape index (κ2) is 6.53. The largest absolute Gasteiger partial charge is 0.370 e. The standard InChI is InChI=1S/C18H25N5O/c1-21-8-7-20-18(21)16-14(5-11-24-16)12-23-10-9-22(2)17-15(13-23)4-3-6-19-17/h3-4,6-8,14,16H,5,9-13H2,1-2H3/t14-,16+/m0/s1. The third kappa shape index (κ3) is 2.91. The highest BCUT2D eigenvalue weighted by Gasteiger charge is 2.34. The lowest BCUT2D eigenvalue weighted by molar-refractivity contribution is 0.0690. The van der Waals surface area contributed by atoms with E-state index < -0.39 is 0 Å². The molecule has 0 saturated carbocycles. The fraction of sp³-hybridized carbons (Fsp3) is 0.556. The Labute approximate surface area is 143 Å². The normalized spacial score (nSPS) is 24.8. The minimum Gasteiger partial charge on any atom is -0.370 e. The van der Waals surface area contributed by atoms with E-state index in [1.807, 2.05) is 31.7 Å². The van der Waals surface area contributed by atoms with Gasteiger partial charge in [0.05, 0.1) is 0 Å². The summed E-state index contributed by atoms with van der Waals surface area (Å²) in [4.78, 5) is 13.9. The third-order valence-electron chi connectivity index (χ3n) is 5.19. The molecule has 4 heterocycles. The van der Waals surface area contributed by atoms with Crippen molar-refractivity contribution in [1.82, 2.24) is 19.4 Å². The minimum atomic E-state index is 0.111. The molecular weight excluding hydrogens is 302 g/mol. The molecule has 128 valence electrons. The quantitative estimate of drug-likeness (QED) is 0.861. The molecule has 4 rings (SSSR count). The molecule has 6 nitrogen and oxygen atoms in total. The zero-order valence-electron chi connectivity index (χ0n) is 14.4. The van der Waals surface area contributed by atoms with E-state index in [1.54, 1.807) is 0 Å². The summed E-state index contributed by atoms with van der Waals surface area (Å²) in [5.74, 6) is 2.66. The summed E-state index contributed by atoms with van der Waals surface area (Å²) >= 11 is 0. The minimum absolute atomic E-state index is 0.111. The van der Waals surface area contributed by atoms with Crippen LogP contribution >= 0.6 is 0 Å². The molecule has 2 aromatic heterocycles. The average Bonchev–Trinajstić information content (AvgIpc) is 3.17.